The van der Waals surface area contributed by atoms with E-state index in [2.05, 4.69) is 10.3 Å². The molecule has 0 spiro atoms. The third-order valence-electron chi connectivity index (χ3n) is 1.48. The average Bonchev–Trinajstić information content (AvgIpc) is 1.80. The maximum absolute atomic E-state index is 9.09. The first kappa shape index (κ1) is 12.2. The van der Waals surface area contributed by atoms with Gasteiger partial charge in [-0.25, -0.2) is 0 Å². The van der Waals surface area contributed by atoms with Gasteiger partial charge in [-0.1, -0.05) is 0 Å². The lowest BCUT2D eigenvalue weighted by molar-refractivity contribution is 0.177. The molecule has 0 bridgehead atoms. The Labute approximate surface area is 80.2 Å². The Hall–Kier alpha value is -0.770. The van der Waals surface area contributed by atoms with E-state index < -0.39 is 0 Å². The third kappa shape index (κ3) is 7.59. The maximum Gasteiger partial charge on any atom is 0.189 e. The largest absolute Gasteiger partial charge is 0.393 e. The molecule has 0 fully saturated rings. The summed E-state index contributed by atoms with van der Waals surface area (Å²) in [5.41, 5.74) is 5.61. The second-order valence-electron chi connectivity index (χ2n) is 3.75. The highest BCUT2D eigenvalue weighted by Gasteiger charge is 2.05. The highest BCUT2D eigenvalue weighted by molar-refractivity contribution is 5.78. The molecule has 0 aliphatic heterocycles. The van der Waals surface area contributed by atoms with Gasteiger partial charge in [0, 0.05) is 6.04 Å². The van der Waals surface area contributed by atoms with Crippen LogP contribution in [0.5, 0.6) is 0 Å². The normalized spacial score (nSPS) is 17.2. The van der Waals surface area contributed by atoms with Crippen LogP contribution in [0.1, 0.15) is 34.1 Å². The van der Waals surface area contributed by atoms with Crippen LogP contribution < -0.4 is 11.1 Å². The minimum Gasteiger partial charge on any atom is -0.393 e. The molecule has 0 radical (unpaired) electrons. The average molecular weight is 187 g/mol. The lowest BCUT2D eigenvalue weighted by Crippen LogP contribution is -2.37. The molecule has 2 atom stereocenters. The van der Waals surface area contributed by atoms with E-state index >= 15 is 0 Å². The molecule has 0 aliphatic rings. The molecule has 0 aliphatic carbocycles. The monoisotopic (exact) mass is 187 g/mol. The summed E-state index contributed by atoms with van der Waals surface area (Å²) < 4.78 is 0. The van der Waals surface area contributed by atoms with Crippen LogP contribution in [0.15, 0.2) is 4.99 Å². The van der Waals surface area contributed by atoms with Gasteiger partial charge in [-0.2, -0.15) is 0 Å². The fourth-order valence-electron chi connectivity index (χ4n) is 1.12. The molecule has 78 valence electrons. The SMILES string of the molecule is CC(O)CC(C)N=C(N)NC(C)C. The lowest BCUT2D eigenvalue weighted by Gasteiger charge is -2.12. The van der Waals surface area contributed by atoms with E-state index in [1.165, 1.54) is 0 Å². The number of aliphatic imine (C=N–C) groups is 1. The van der Waals surface area contributed by atoms with Gasteiger partial charge in [0.25, 0.3) is 0 Å². The quantitative estimate of drug-likeness (QED) is 0.442. The topological polar surface area (TPSA) is 70.6 Å². The number of aliphatic hydroxyl groups is 1. The summed E-state index contributed by atoms with van der Waals surface area (Å²) in [5, 5.41) is 12.1. The van der Waals surface area contributed by atoms with Gasteiger partial charge < -0.3 is 16.2 Å². The van der Waals surface area contributed by atoms with Crippen molar-refractivity contribution in [1.82, 2.24) is 5.32 Å². The molecule has 0 aromatic rings. The summed E-state index contributed by atoms with van der Waals surface area (Å²) >= 11 is 0. The van der Waals surface area contributed by atoms with Gasteiger partial charge in [-0.15, -0.1) is 0 Å². The van der Waals surface area contributed by atoms with Gasteiger partial charge in [-0.3, -0.25) is 4.99 Å². The summed E-state index contributed by atoms with van der Waals surface area (Å²) in [5.74, 6) is 0.447. The standard InChI is InChI=1S/C9H21N3O/c1-6(2)11-9(10)12-7(3)5-8(4)13/h6-8,13H,5H2,1-4H3,(H3,10,11,12). The van der Waals surface area contributed by atoms with Crippen LogP contribution >= 0.6 is 0 Å². The molecule has 0 saturated carbocycles. The van der Waals surface area contributed by atoms with Crippen LogP contribution in [0.25, 0.3) is 0 Å². The highest BCUT2D eigenvalue weighted by Crippen LogP contribution is 2.00. The van der Waals surface area contributed by atoms with Gasteiger partial charge >= 0.3 is 0 Å². The van der Waals surface area contributed by atoms with E-state index in [4.69, 9.17) is 10.8 Å². The number of guanidine groups is 1. The summed E-state index contributed by atoms with van der Waals surface area (Å²) in [6, 6.07) is 0.355. The first-order valence-electron chi connectivity index (χ1n) is 4.69. The van der Waals surface area contributed by atoms with Crippen molar-refractivity contribution in [3.8, 4) is 0 Å². The summed E-state index contributed by atoms with van der Waals surface area (Å²) in [6.45, 7) is 7.68. The van der Waals surface area contributed by atoms with Crippen molar-refractivity contribution in [2.24, 2.45) is 10.7 Å². The van der Waals surface area contributed by atoms with Crippen LogP contribution in [-0.2, 0) is 0 Å². The summed E-state index contributed by atoms with van der Waals surface area (Å²) in [6.07, 6.45) is 0.311. The number of nitrogens with zero attached hydrogens (tertiary/aromatic N) is 1. The zero-order valence-corrected chi connectivity index (χ0v) is 8.91. The predicted molar refractivity (Wildman–Crippen MR) is 55.7 cm³/mol. The smallest absolute Gasteiger partial charge is 0.189 e. The molecule has 4 N–H and O–H groups in total. The van der Waals surface area contributed by atoms with Crippen molar-refractivity contribution in [2.75, 3.05) is 0 Å². The van der Waals surface area contributed by atoms with Crippen LogP contribution in [0.2, 0.25) is 0 Å². The molecule has 0 aromatic heterocycles. The zero-order chi connectivity index (χ0) is 10.4. The Bertz CT molecular complexity index is 166. The van der Waals surface area contributed by atoms with E-state index in [0.29, 0.717) is 18.4 Å². The van der Waals surface area contributed by atoms with E-state index in [-0.39, 0.29) is 12.1 Å². The van der Waals surface area contributed by atoms with Gasteiger partial charge in [0.2, 0.25) is 0 Å². The summed E-state index contributed by atoms with van der Waals surface area (Å²) in [4.78, 5) is 4.18. The second kappa shape index (κ2) is 5.80. The Kier molecular flexibility index (Phi) is 5.46. The molecule has 4 heteroatoms. The molecule has 0 aromatic carbocycles. The number of rotatable bonds is 4. The number of nitrogens with two attached hydrogens (primary N) is 1. The molecule has 0 saturated heterocycles. The van der Waals surface area contributed by atoms with Gasteiger partial charge in [0.05, 0.1) is 12.1 Å². The zero-order valence-electron chi connectivity index (χ0n) is 8.91. The van der Waals surface area contributed by atoms with E-state index in [1.54, 1.807) is 6.92 Å². The van der Waals surface area contributed by atoms with Crippen LogP contribution in [0, 0.1) is 0 Å². The fraction of sp³-hybridized carbons (Fsp3) is 0.889. The third-order valence-corrected chi connectivity index (χ3v) is 1.48. The number of hydrogen-bond acceptors (Lipinski definition) is 2. The Morgan fingerprint density at radius 3 is 2.31 bits per heavy atom. The van der Waals surface area contributed by atoms with Crippen LogP contribution in [-0.4, -0.2) is 29.3 Å². The maximum atomic E-state index is 9.09. The minimum absolute atomic E-state index is 0.0613. The molecule has 2 unspecified atom stereocenters. The lowest BCUT2D eigenvalue weighted by atomic mass is 10.2. The number of aliphatic hydroxyl groups excluding tert-OH is 1. The number of hydrogen-bond donors (Lipinski definition) is 3. The molecule has 0 amide bonds. The summed E-state index contributed by atoms with van der Waals surface area (Å²) in [7, 11) is 0. The van der Waals surface area contributed by atoms with Crippen molar-refractivity contribution in [3.05, 3.63) is 0 Å². The van der Waals surface area contributed by atoms with E-state index in [1.807, 2.05) is 20.8 Å². The predicted octanol–water partition coefficient (Wildman–Crippen LogP) is 0.458. The van der Waals surface area contributed by atoms with Crippen molar-refractivity contribution < 1.29 is 5.11 Å². The molecular formula is C9H21N3O. The van der Waals surface area contributed by atoms with Crippen molar-refractivity contribution in [1.29, 1.82) is 0 Å². The fourth-order valence-corrected chi connectivity index (χ4v) is 1.12. The van der Waals surface area contributed by atoms with E-state index in [0.717, 1.165) is 0 Å². The van der Waals surface area contributed by atoms with Crippen molar-refractivity contribution in [2.45, 2.75) is 52.3 Å². The van der Waals surface area contributed by atoms with Crippen molar-refractivity contribution in [3.63, 3.8) is 0 Å². The first-order valence-corrected chi connectivity index (χ1v) is 4.69. The second-order valence-corrected chi connectivity index (χ2v) is 3.75. The molecule has 13 heavy (non-hydrogen) atoms. The van der Waals surface area contributed by atoms with Crippen LogP contribution in [0.3, 0.4) is 0 Å². The molecule has 0 heterocycles. The molecular weight excluding hydrogens is 166 g/mol. The van der Waals surface area contributed by atoms with Crippen LogP contribution in [0.4, 0.5) is 0 Å². The minimum atomic E-state index is -0.328. The highest BCUT2D eigenvalue weighted by atomic mass is 16.3. The number of nitrogens with one attached hydrogen (secondary N) is 1. The molecule has 0 rings (SSSR count). The van der Waals surface area contributed by atoms with Gasteiger partial charge in [0.1, 0.15) is 0 Å². The Balaban J connectivity index is 3.91. The first-order chi connectivity index (χ1) is 5.91. The molecule has 4 nitrogen and oxygen atoms in total. The Morgan fingerprint density at radius 1 is 1.38 bits per heavy atom. The van der Waals surface area contributed by atoms with Crippen molar-refractivity contribution >= 4 is 5.96 Å². The van der Waals surface area contributed by atoms with E-state index in [9.17, 15) is 0 Å². The van der Waals surface area contributed by atoms with Gasteiger partial charge in [0.15, 0.2) is 5.96 Å². The Morgan fingerprint density at radius 2 is 1.92 bits per heavy atom. The van der Waals surface area contributed by atoms with Gasteiger partial charge in [-0.05, 0) is 34.1 Å².